The first-order valence-electron chi connectivity index (χ1n) is 8.30. The Balaban J connectivity index is 2.13. The number of nitrogens with zero attached hydrogens (tertiary/aromatic N) is 1. The summed E-state index contributed by atoms with van der Waals surface area (Å²) >= 11 is 12.0. The summed E-state index contributed by atoms with van der Waals surface area (Å²) in [5.74, 6) is -0.337. The van der Waals surface area contributed by atoms with Crippen LogP contribution in [-0.2, 0) is 9.59 Å². The van der Waals surface area contributed by atoms with E-state index in [-0.39, 0.29) is 24.8 Å². The summed E-state index contributed by atoms with van der Waals surface area (Å²) in [5, 5.41) is 3.42. The van der Waals surface area contributed by atoms with Crippen LogP contribution < -0.4 is 10.2 Å². The lowest BCUT2D eigenvalue weighted by Gasteiger charge is -2.25. The highest BCUT2D eigenvalue weighted by molar-refractivity contribution is 6.43. The number of amides is 2. The van der Waals surface area contributed by atoms with Crippen LogP contribution in [-0.4, -0.2) is 18.4 Å². The fraction of sp³-hybridized carbons (Fsp3) is 0.300. The van der Waals surface area contributed by atoms with E-state index in [4.69, 9.17) is 23.2 Å². The molecule has 0 aliphatic rings. The largest absolute Gasteiger partial charge is 0.325 e. The lowest BCUT2D eigenvalue weighted by Crippen LogP contribution is -2.33. The maximum atomic E-state index is 12.3. The fourth-order valence-electron chi connectivity index (χ4n) is 3.05. The Bertz CT molecular complexity index is 827. The van der Waals surface area contributed by atoms with Gasteiger partial charge in [0.2, 0.25) is 11.8 Å². The molecule has 0 aliphatic heterocycles. The fourth-order valence-corrected chi connectivity index (χ4v) is 3.40. The maximum absolute atomic E-state index is 12.3. The third-order valence-corrected chi connectivity index (χ3v) is 4.89. The van der Waals surface area contributed by atoms with E-state index in [1.54, 1.807) is 23.1 Å². The molecule has 1 N–H and O–H groups in total. The van der Waals surface area contributed by atoms with Gasteiger partial charge in [0.25, 0.3) is 0 Å². The van der Waals surface area contributed by atoms with Crippen LogP contribution in [0.1, 0.15) is 30.0 Å². The Morgan fingerprint density at radius 3 is 2.27 bits per heavy atom. The smallest absolute Gasteiger partial charge is 0.226 e. The van der Waals surface area contributed by atoms with Gasteiger partial charge in [-0.25, -0.2) is 0 Å². The van der Waals surface area contributed by atoms with Gasteiger partial charge in [0.15, 0.2) is 0 Å². The van der Waals surface area contributed by atoms with E-state index in [0.29, 0.717) is 15.7 Å². The first-order valence-corrected chi connectivity index (χ1v) is 9.06. The lowest BCUT2D eigenvalue weighted by molar-refractivity contribution is -0.117. The van der Waals surface area contributed by atoms with Crippen LogP contribution in [0.3, 0.4) is 0 Å². The number of aryl methyl sites for hydroxylation is 3. The summed E-state index contributed by atoms with van der Waals surface area (Å²) in [6.45, 7) is 7.74. The topological polar surface area (TPSA) is 49.4 Å². The Hall–Kier alpha value is -2.04. The normalized spacial score (nSPS) is 10.5. The van der Waals surface area contributed by atoms with E-state index in [2.05, 4.69) is 5.32 Å². The molecule has 0 spiro atoms. The molecule has 2 rings (SSSR count). The minimum Gasteiger partial charge on any atom is -0.325 e. The lowest BCUT2D eigenvalue weighted by atomic mass is 10.0. The molecular weight excluding hydrogens is 371 g/mol. The second-order valence-corrected chi connectivity index (χ2v) is 7.10. The van der Waals surface area contributed by atoms with Crippen LogP contribution >= 0.6 is 23.2 Å². The van der Waals surface area contributed by atoms with Gasteiger partial charge < -0.3 is 10.2 Å². The van der Waals surface area contributed by atoms with Crippen LogP contribution in [0.4, 0.5) is 11.4 Å². The molecule has 4 nitrogen and oxygen atoms in total. The average Bonchev–Trinajstić information content (AvgIpc) is 2.53. The van der Waals surface area contributed by atoms with Gasteiger partial charge in [0.05, 0.1) is 15.7 Å². The van der Waals surface area contributed by atoms with Crippen molar-refractivity contribution in [3.63, 3.8) is 0 Å². The Morgan fingerprint density at radius 1 is 1.08 bits per heavy atom. The molecule has 138 valence electrons. The van der Waals surface area contributed by atoms with E-state index in [1.165, 1.54) is 6.92 Å². The van der Waals surface area contributed by atoms with Crippen LogP contribution in [0.2, 0.25) is 10.0 Å². The second kappa shape index (κ2) is 8.56. The Labute approximate surface area is 164 Å². The Morgan fingerprint density at radius 2 is 1.69 bits per heavy atom. The molecule has 0 unspecified atom stereocenters. The molecule has 26 heavy (non-hydrogen) atoms. The zero-order valence-corrected chi connectivity index (χ0v) is 16.8. The van der Waals surface area contributed by atoms with Crippen LogP contribution in [0, 0.1) is 20.8 Å². The van der Waals surface area contributed by atoms with Gasteiger partial charge in [-0.3, -0.25) is 9.59 Å². The van der Waals surface area contributed by atoms with E-state index in [0.717, 1.165) is 22.4 Å². The third kappa shape index (κ3) is 4.77. The van der Waals surface area contributed by atoms with E-state index >= 15 is 0 Å². The molecule has 0 radical (unpaired) electrons. The van der Waals surface area contributed by atoms with Gasteiger partial charge in [-0.05, 0) is 44.0 Å². The molecule has 0 bridgehead atoms. The van der Waals surface area contributed by atoms with Crippen molar-refractivity contribution in [1.82, 2.24) is 0 Å². The number of carbonyl (C=O) groups excluding carboxylic acids is 2. The van der Waals surface area contributed by atoms with Crippen molar-refractivity contribution >= 4 is 46.4 Å². The van der Waals surface area contributed by atoms with Gasteiger partial charge in [-0.1, -0.05) is 47.0 Å². The molecule has 2 amide bonds. The number of halogens is 2. The van der Waals surface area contributed by atoms with Crippen LogP contribution in [0.25, 0.3) is 0 Å². The first kappa shape index (κ1) is 20.3. The number of anilines is 2. The van der Waals surface area contributed by atoms with Gasteiger partial charge in [-0.2, -0.15) is 0 Å². The quantitative estimate of drug-likeness (QED) is 0.749. The first-order chi connectivity index (χ1) is 12.2. The molecule has 0 aromatic heterocycles. The summed E-state index contributed by atoms with van der Waals surface area (Å²) in [5.41, 5.74) is 4.48. The highest BCUT2D eigenvalue weighted by Gasteiger charge is 2.18. The van der Waals surface area contributed by atoms with E-state index < -0.39 is 0 Å². The molecule has 2 aromatic carbocycles. The van der Waals surface area contributed by atoms with E-state index in [9.17, 15) is 9.59 Å². The summed E-state index contributed by atoms with van der Waals surface area (Å²) in [6.07, 6.45) is 0.148. The standard InChI is InChI=1S/C20H22Cl2N2O2/c1-12-10-13(2)20(14(3)11-12)24(15(4)25)9-8-18(26)23-17-7-5-6-16(21)19(17)22/h5-7,10-11H,8-9H2,1-4H3,(H,23,26). The summed E-state index contributed by atoms with van der Waals surface area (Å²) < 4.78 is 0. The molecule has 2 aromatic rings. The SMILES string of the molecule is CC(=O)N(CCC(=O)Nc1cccc(Cl)c1Cl)c1c(C)cc(C)cc1C. The van der Waals surface area contributed by atoms with Crippen molar-refractivity contribution < 1.29 is 9.59 Å². The number of carbonyl (C=O) groups is 2. The summed E-state index contributed by atoms with van der Waals surface area (Å²) in [4.78, 5) is 26.1. The van der Waals surface area contributed by atoms with Crippen molar-refractivity contribution in [3.8, 4) is 0 Å². The predicted octanol–water partition coefficient (Wildman–Crippen LogP) is 5.30. The molecule has 0 heterocycles. The molecular formula is C20H22Cl2N2O2. The third-order valence-electron chi connectivity index (χ3n) is 4.07. The number of hydrogen-bond acceptors (Lipinski definition) is 2. The van der Waals surface area contributed by atoms with Crippen LogP contribution in [0.15, 0.2) is 30.3 Å². The second-order valence-electron chi connectivity index (χ2n) is 6.32. The maximum Gasteiger partial charge on any atom is 0.226 e. The van der Waals surface area contributed by atoms with Gasteiger partial charge in [0.1, 0.15) is 0 Å². The van der Waals surface area contributed by atoms with Gasteiger partial charge >= 0.3 is 0 Å². The highest BCUT2D eigenvalue weighted by atomic mass is 35.5. The summed E-state index contributed by atoms with van der Waals surface area (Å²) in [6, 6.07) is 9.11. The zero-order chi connectivity index (χ0) is 19.4. The summed E-state index contributed by atoms with van der Waals surface area (Å²) in [7, 11) is 0. The van der Waals surface area contributed by atoms with Crippen molar-refractivity contribution in [3.05, 3.63) is 57.1 Å². The molecule has 0 aliphatic carbocycles. The van der Waals surface area contributed by atoms with Gasteiger partial charge in [0, 0.05) is 25.6 Å². The monoisotopic (exact) mass is 392 g/mol. The number of hydrogen-bond donors (Lipinski definition) is 1. The molecule has 0 saturated carbocycles. The number of nitrogens with one attached hydrogen (secondary N) is 1. The molecule has 0 atom stereocenters. The molecule has 0 saturated heterocycles. The van der Waals surface area contributed by atoms with Crippen molar-refractivity contribution in [1.29, 1.82) is 0 Å². The average molecular weight is 393 g/mol. The predicted molar refractivity (Wildman–Crippen MR) is 108 cm³/mol. The Kier molecular flexibility index (Phi) is 6.68. The van der Waals surface area contributed by atoms with Crippen molar-refractivity contribution in [2.75, 3.05) is 16.8 Å². The van der Waals surface area contributed by atoms with Crippen molar-refractivity contribution in [2.24, 2.45) is 0 Å². The van der Waals surface area contributed by atoms with E-state index in [1.807, 2.05) is 32.9 Å². The number of benzene rings is 2. The highest BCUT2D eigenvalue weighted by Crippen LogP contribution is 2.30. The van der Waals surface area contributed by atoms with Crippen LogP contribution in [0.5, 0.6) is 0 Å². The number of rotatable bonds is 5. The minimum absolute atomic E-state index is 0.103. The zero-order valence-electron chi connectivity index (χ0n) is 15.3. The molecule has 6 heteroatoms. The van der Waals surface area contributed by atoms with Gasteiger partial charge in [-0.15, -0.1) is 0 Å². The minimum atomic E-state index is -0.233. The van der Waals surface area contributed by atoms with Crippen molar-refractivity contribution in [2.45, 2.75) is 34.1 Å². The molecule has 0 fully saturated rings.